The van der Waals surface area contributed by atoms with Crippen LogP contribution in [0.5, 0.6) is 5.75 Å². The molecule has 0 aliphatic heterocycles. The van der Waals surface area contributed by atoms with Crippen molar-refractivity contribution < 1.29 is 4.74 Å². The smallest absolute Gasteiger partial charge is 0.137 e. The fraction of sp³-hybridized carbons (Fsp3) is 0.308. The number of rotatable bonds is 4. The first-order chi connectivity index (χ1) is 8.24. The molecule has 0 aliphatic rings. The third kappa shape index (κ3) is 2.58. The topological polar surface area (TPSA) is 34.1 Å². The second-order valence-electron chi connectivity index (χ2n) is 3.70. The number of hydrogen-bond acceptors (Lipinski definition) is 4. The molecule has 1 heterocycles. The number of anilines is 1. The average Bonchev–Trinajstić information content (AvgIpc) is 2.80. The van der Waals surface area contributed by atoms with Gasteiger partial charge in [0.15, 0.2) is 0 Å². The van der Waals surface area contributed by atoms with E-state index in [9.17, 15) is 0 Å². The molecule has 0 radical (unpaired) electrons. The summed E-state index contributed by atoms with van der Waals surface area (Å²) in [6.07, 6.45) is 0. The van der Waals surface area contributed by atoms with Gasteiger partial charge in [0, 0.05) is 18.0 Å². The van der Waals surface area contributed by atoms with Crippen LogP contribution in [-0.4, -0.2) is 18.6 Å². The molecule has 2 aromatic rings. The molecule has 3 nitrogen and oxygen atoms in total. The lowest BCUT2D eigenvalue weighted by Gasteiger charge is -2.07. The molecular weight excluding hydrogens is 232 g/mol. The summed E-state index contributed by atoms with van der Waals surface area (Å²) < 4.78 is 5.52. The first-order valence-electron chi connectivity index (χ1n) is 5.61. The number of nitrogens with zero attached hydrogens (tertiary/aromatic N) is 1. The Morgan fingerprint density at radius 3 is 2.82 bits per heavy atom. The Balaban J connectivity index is 2.30. The van der Waals surface area contributed by atoms with Crippen molar-refractivity contribution >= 4 is 17.2 Å². The highest BCUT2D eigenvalue weighted by atomic mass is 32.1. The Hall–Kier alpha value is -1.55. The number of nitrogens with one attached hydrogen (secondary N) is 1. The van der Waals surface area contributed by atoms with Crippen LogP contribution in [0.2, 0.25) is 0 Å². The molecule has 0 saturated carbocycles. The summed E-state index contributed by atoms with van der Waals surface area (Å²) in [5.41, 5.74) is 2.28. The summed E-state index contributed by atoms with van der Waals surface area (Å²) in [6.45, 7) is 4.75. The van der Waals surface area contributed by atoms with Gasteiger partial charge in [0.1, 0.15) is 16.6 Å². The first kappa shape index (κ1) is 11.9. The van der Waals surface area contributed by atoms with E-state index in [2.05, 4.69) is 29.4 Å². The van der Waals surface area contributed by atoms with E-state index in [1.165, 1.54) is 0 Å². The molecule has 0 bridgehead atoms. The molecule has 0 fully saturated rings. The van der Waals surface area contributed by atoms with Gasteiger partial charge in [-0.3, -0.25) is 0 Å². The maximum Gasteiger partial charge on any atom is 0.137 e. The van der Waals surface area contributed by atoms with Crippen LogP contribution in [-0.2, 0) is 0 Å². The van der Waals surface area contributed by atoms with Gasteiger partial charge in [-0.05, 0) is 37.6 Å². The Morgan fingerprint density at radius 2 is 2.24 bits per heavy atom. The number of aromatic nitrogens is 1. The Morgan fingerprint density at radius 1 is 1.41 bits per heavy atom. The van der Waals surface area contributed by atoms with Crippen LogP contribution in [0.1, 0.15) is 12.5 Å². The molecule has 17 heavy (non-hydrogen) atoms. The van der Waals surface area contributed by atoms with E-state index in [4.69, 9.17) is 4.74 Å². The highest BCUT2D eigenvalue weighted by molar-refractivity contribution is 7.13. The molecule has 0 saturated heterocycles. The lowest BCUT2D eigenvalue weighted by molar-refractivity contribution is 0.338. The Labute approximate surface area is 105 Å². The van der Waals surface area contributed by atoms with Gasteiger partial charge in [-0.15, -0.1) is 11.3 Å². The van der Waals surface area contributed by atoms with E-state index >= 15 is 0 Å². The van der Waals surface area contributed by atoms with Gasteiger partial charge in [-0.2, -0.15) is 0 Å². The van der Waals surface area contributed by atoms with Gasteiger partial charge < -0.3 is 10.1 Å². The molecular formula is C13H16N2OS. The van der Waals surface area contributed by atoms with Gasteiger partial charge in [-0.1, -0.05) is 0 Å². The van der Waals surface area contributed by atoms with E-state index in [0.29, 0.717) is 6.61 Å². The Kier molecular flexibility index (Phi) is 3.64. The summed E-state index contributed by atoms with van der Waals surface area (Å²) in [6, 6.07) is 6.17. The molecule has 0 atom stereocenters. The second kappa shape index (κ2) is 5.19. The molecule has 90 valence electrons. The largest absolute Gasteiger partial charge is 0.494 e. The Bertz CT molecular complexity index is 508. The van der Waals surface area contributed by atoms with Crippen molar-refractivity contribution in [2.45, 2.75) is 13.8 Å². The van der Waals surface area contributed by atoms with Crippen molar-refractivity contribution in [3.05, 3.63) is 29.1 Å². The minimum atomic E-state index is 0.696. The van der Waals surface area contributed by atoms with E-state index in [-0.39, 0.29) is 0 Å². The van der Waals surface area contributed by atoms with E-state index < -0.39 is 0 Å². The molecule has 0 unspecified atom stereocenters. The van der Waals surface area contributed by atoms with Crippen molar-refractivity contribution in [3.63, 3.8) is 0 Å². The normalized spacial score (nSPS) is 10.3. The predicted octanol–water partition coefficient (Wildman–Crippen LogP) is 3.56. The summed E-state index contributed by atoms with van der Waals surface area (Å²) >= 11 is 1.64. The van der Waals surface area contributed by atoms with Gasteiger partial charge in [0.2, 0.25) is 0 Å². The van der Waals surface area contributed by atoms with Gasteiger partial charge in [-0.25, -0.2) is 4.98 Å². The minimum Gasteiger partial charge on any atom is -0.494 e. The fourth-order valence-corrected chi connectivity index (χ4v) is 2.43. The van der Waals surface area contributed by atoms with Crippen LogP contribution in [0.25, 0.3) is 10.6 Å². The molecule has 4 heteroatoms. The van der Waals surface area contributed by atoms with E-state index in [1.54, 1.807) is 11.3 Å². The van der Waals surface area contributed by atoms with Crippen LogP contribution in [0, 0.1) is 6.92 Å². The van der Waals surface area contributed by atoms with Crippen LogP contribution in [0.4, 0.5) is 5.82 Å². The molecule has 1 N–H and O–H groups in total. The zero-order valence-electron chi connectivity index (χ0n) is 10.3. The van der Waals surface area contributed by atoms with Crippen LogP contribution in [0.3, 0.4) is 0 Å². The zero-order valence-corrected chi connectivity index (χ0v) is 11.1. The van der Waals surface area contributed by atoms with Crippen molar-refractivity contribution in [2.75, 3.05) is 19.0 Å². The lowest BCUT2D eigenvalue weighted by Crippen LogP contribution is -1.94. The first-order valence-corrected chi connectivity index (χ1v) is 6.49. The molecule has 2 rings (SSSR count). The van der Waals surface area contributed by atoms with Crippen molar-refractivity contribution in [1.82, 2.24) is 4.98 Å². The highest BCUT2D eigenvalue weighted by Crippen LogP contribution is 2.29. The van der Waals surface area contributed by atoms with Crippen LogP contribution >= 0.6 is 11.3 Å². The average molecular weight is 248 g/mol. The van der Waals surface area contributed by atoms with Crippen molar-refractivity contribution in [1.29, 1.82) is 0 Å². The van der Waals surface area contributed by atoms with Crippen molar-refractivity contribution in [3.8, 4) is 16.3 Å². The fourth-order valence-electron chi connectivity index (χ4n) is 1.62. The number of ether oxygens (including phenoxy) is 1. The SMILES string of the molecule is CCOc1ccc(-c2nc(NC)cs2)cc1C. The molecule has 0 amide bonds. The van der Waals surface area contributed by atoms with Gasteiger partial charge in [0.05, 0.1) is 6.61 Å². The number of benzene rings is 1. The van der Waals surface area contributed by atoms with E-state index in [1.807, 2.05) is 25.4 Å². The van der Waals surface area contributed by atoms with Crippen LogP contribution in [0.15, 0.2) is 23.6 Å². The quantitative estimate of drug-likeness (QED) is 0.898. The lowest BCUT2D eigenvalue weighted by atomic mass is 10.1. The predicted molar refractivity (Wildman–Crippen MR) is 73.0 cm³/mol. The summed E-state index contributed by atoms with van der Waals surface area (Å²) in [5, 5.41) is 6.08. The van der Waals surface area contributed by atoms with Crippen LogP contribution < -0.4 is 10.1 Å². The molecule has 1 aromatic heterocycles. The summed E-state index contributed by atoms with van der Waals surface area (Å²) in [5.74, 6) is 1.86. The third-order valence-corrected chi connectivity index (χ3v) is 3.37. The zero-order chi connectivity index (χ0) is 12.3. The minimum absolute atomic E-state index is 0.696. The number of aryl methyl sites for hydroxylation is 1. The molecule has 1 aromatic carbocycles. The summed E-state index contributed by atoms with van der Waals surface area (Å²) in [4.78, 5) is 4.48. The monoisotopic (exact) mass is 248 g/mol. The maximum atomic E-state index is 5.52. The maximum absolute atomic E-state index is 5.52. The molecule has 0 spiro atoms. The highest BCUT2D eigenvalue weighted by Gasteiger charge is 2.06. The third-order valence-electron chi connectivity index (χ3n) is 2.48. The van der Waals surface area contributed by atoms with Crippen molar-refractivity contribution in [2.24, 2.45) is 0 Å². The second-order valence-corrected chi connectivity index (χ2v) is 4.56. The number of thiazole rings is 1. The number of hydrogen-bond donors (Lipinski definition) is 1. The standard InChI is InChI=1S/C13H16N2OS/c1-4-16-11-6-5-10(7-9(11)2)13-15-12(14-3)8-17-13/h5-8,14H,4H2,1-3H3. The summed E-state index contributed by atoms with van der Waals surface area (Å²) in [7, 11) is 1.88. The molecule has 0 aliphatic carbocycles. The van der Waals surface area contributed by atoms with Gasteiger partial charge in [0.25, 0.3) is 0 Å². The van der Waals surface area contributed by atoms with Gasteiger partial charge >= 0.3 is 0 Å². The van der Waals surface area contributed by atoms with E-state index in [0.717, 1.165) is 27.7 Å².